The van der Waals surface area contributed by atoms with Gasteiger partial charge in [-0.25, -0.2) is 9.67 Å². The first kappa shape index (κ1) is 21.6. The van der Waals surface area contributed by atoms with Gasteiger partial charge in [-0.05, 0) is 54.8 Å². The van der Waals surface area contributed by atoms with Crippen molar-refractivity contribution < 1.29 is 9.53 Å². The van der Waals surface area contributed by atoms with Gasteiger partial charge in [-0.3, -0.25) is 14.3 Å². The molecule has 0 spiro atoms. The fourth-order valence-electron chi connectivity index (χ4n) is 3.62. The second-order valence-electron chi connectivity index (χ2n) is 7.42. The van der Waals surface area contributed by atoms with E-state index in [2.05, 4.69) is 17.2 Å². The first-order valence-corrected chi connectivity index (χ1v) is 10.6. The summed E-state index contributed by atoms with van der Waals surface area (Å²) in [5, 5.41) is 3.85. The summed E-state index contributed by atoms with van der Waals surface area (Å²) in [5.41, 5.74) is 3.34. The number of nitrogens with zero attached hydrogens (tertiary/aromatic N) is 3. The Labute approximate surface area is 190 Å². The van der Waals surface area contributed by atoms with Gasteiger partial charge in [-0.1, -0.05) is 30.7 Å². The Kier molecular flexibility index (Phi) is 6.01. The number of ether oxygens (including phenoxy) is 1. The third-order valence-corrected chi connectivity index (χ3v) is 5.74. The lowest BCUT2D eigenvalue weighted by molar-refractivity contribution is -0.117. The van der Waals surface area contributed by atoms with Gasteiger partial charge in [0, 0.05) is 17.3 Å². The minimum absolute atomic E-state index is 0.115. The highest BCUT2D eigenvalue weighted by molar-refractivity contribution is 6.31. The molecule has 7 nitrogen and oxygen atoms in total. The number of benzene rings is 2. The summed E-state index contributed by atoms with van der Waals surface area (Å²) in [6.07, 6.45) is 2.50. The highest BCUT2D eigenvalue weighted by Crippen LogP contribution is 2.31. The molecular weight excluding hydrogens is 428 g/mol. The highest BCUT2D eigenvalue weighted by Gasteiger charge is 2.19. The number of carbonyl (C=O) groups is 1. The van der Waals surface area contributed by atoms with Gasteiger partial charge in [0.25, 0.3) is 5.56 Å². The molecule has 4 aromatic rings. The van der Waals surface area contributed by atoms with Crippen LogP contribution >= 0.6 is 11.6 Å². The number of hydrogen-bond acceptors (Lipinski definition) is 4. The van der Waals surface area contributed by atoms with E-state index in [4.69, 9.17) is 16.3 Å². The average molecular weight is 451 g/mol. The van der Waals surface area contributed by atoms with E-state index >= 15 is 0 Å². The quantitative estimate of drug-likeness (QED) is 0.473. The van der Waals surface area contributed by atoms with E-state index in [0.29, 0.717) is 33.2 Å². The average Bonchev–Trinajstić information content (AvgIpc) is 3.07. The van der Waals surface area contributed by atoms with E-state index in [9.17, 15) is 9.59 Å². The molecule has 2 heterocycles. The lowest BCUT2D eigenvalue weighted by Crippen LogP contribution is -2.27. The number of aryl methyl sites for hydroxylation is 2. The number of carbonyl (C=O) groups excluding carboxylic acids is 1. The molecule has 0 aliphatic heterocycles. The summed E-state index contributed by atoms with van der Waals surface area (Å²) in [5.74, 6) is 0.128. The predicted molar refractivity (Wildman–Crippen MR) is 126 cm³/mol. The van der Waals surface area contributed by atoms with Crippen LogP contribution in [-0.4, -0.2) is 27.4 Å². The van der Waals surface area contributed by atoms with E-state index in [-0.39, 0.29) is 18.0 Å². The van der Waals surface area contributed by atoms with E-state index in [1.165, 1.54) is 11.8 Å². The Morgan fingerprint density at radius 3 is 2.62 bits per heavy atom. The number of halogens is 1. The van der Waals surface area contributed by atoms with Crippen LogP contribution in [0.2, 0.25) is 5.02 Å². The molecule has 0 radical (unpaired) electrons. The van der Waals surface area contributed by atoms with Crippen molar-refractivity contribution in [3.63, 3.8) is 0 Å². The van der Waals surface area contributed by atoms with Crippen LogP contribution in [0.15, 0.2) is 59.5 Å². The first-order chi connectivity index (χ1) is 15.4. The van der Waals surface area contributed by atoms with Crippen molar-refractivity contribution in [2.24, 2.45) is 0 Å². The molecular formula is C24H23ClN4O3. The van der Waals surface area contributed by atoms with Crippen LogP contribution < -0.4 is 15.6 Å². The number of amides is 1. The third-order valence-electron chi connectivity index (χ3n) is 5.33. The molecule has 164 valence electrons. The summed E-state index contributed by atoms with van der Waals surface area (Å²) in [6.45, 7) is 3.80. The number of hydrogen-bond donors (Lipinski definition) is 1. The van der Waals surface area contributed by atoms with Crippen molar-refractivity contribution in [3.05, 3.63) is 81.2 Å². The topological polar surface area (TPSA) is 78.2 Å². The first-order valence-electron chi connectivity index (χ1n) is 10.2. The van der Waals surface area contributed by atoms with Crippen molar-refractivity contribution in [2.45, 2.75) is 26.8 Å². The molecule has 0 bridgehead atoms. The van der Waals surface area contributed by atoms with Gasteiger partial charge in [0.15, 0.2) is 5.65 Å². The van der Waals surface area contributed by atoms with Gasteiger partial charge in [0.2, 0.25) is 5.91 Å². The van der Waals surface area contributed by atoms with Crippen molar-refractivity contribution >= 4 is 34.2 Å². The Balaban J connectivity index is 1.75. The molecule has 0 aliphatic carbocycles. The maximum absolute atomic E-state index is 13.2. The maximum Gasteiger partial charge on any atom is 0.280 e. The zero-order valence-electron chi connectivity index (χ0n) is 18.1. The number of fused-ring (bicyclic) bond motifs is 1. The van der Waals surface area contributed by atoms with Gasteiger partial charge in [0.1, 0.15) is 12.3 Å². The molecule has 0 atom stereocenters. The molecule has 8 heteroatoms. The molecule has 0 fully saturated rings. The van der Waals surface area contributed by atoms with Crippen LogP contribution in [0.4, 0.5) is 5.69 Å². The lowest BCUT2D eigenvalue weighted by atomic mass is 10.1. The van der Waals surface area contributed by atoms with Crippen LogP contribution in [0.1, 0.15) is 18.1 Å². The van der Waals surface area contributed by atoms with Gasteiger partial charge in [-0.15, -0.1) is 0 Å². The Bertz CT molecular complexity index is 1360. The lowest BCUT2D eigenvalue weighted by Gasteiger charge is -2.15. The normalized spacial score (nSPS) is 11.0. The maximum atomic E-state index is 13.2. The fraction of sp³-hybridized carbons (Fsp3) is 0.208. The fourth-order valence-corrected chi connectivity index (χ4v) is 3.77. The van der Waals surface area contributed by atoms with Gasteiger partial charge in [-0.2, -0.15) is 0 Å². The number of pyridine rings is 1. The van der Waals surface area contributed by atoms with E-state index in [1.807, 2.05) is 31.2 Å². The van der Waals surface area contributed by atoms with Crippen LogP contribution in [0.3, 0.4) is 0 Å². The molecule has 32 heavy (non-hydrogen) atoms. The Hall–Kier alpha value is -3.58. The number of methoxy groups -OCH3 is 1. The third kappa shape index (κ3) is 3.99. The summed E-state index contributed by atoms with van der Waals surface area (Å²) in [6, 6.07) is 14.5. The van der Waals surface area contributed by atoms with Crippen molar-refractivity contribution in [1.29, 1.82) is 0 Å². The highest BCUT2D eigenvalue weighted by atomic mass is 35.5. The molecule has 1 amide bonds. The van der Waals surface area contributed by atoms with Crippen LogP contribution in [0, 0.1) is 6.92 Å². The smallest absolute Gasteiger partial charge is 0.280 e. The molecule has 0 unspecified atom stereocenters. The summed E-state index contributed by atoms with van der Waals surface area (Å²) in [4.78, 5) is 30.5. The minimum atomic E-state index is -0.327. The second kappa shape index (κ2) is 8.88. The van der Waals surface area contributed by atoms with Crippen molar-refractivity contribution in [2.75, 3.05) is 12.4 Å². The van der Waals surface area contributed by atoms with E-state index < -0.39 is 0 Å². The van der Waals surface area contributed by atoms with Crippen LogP contribution in [0.5, 0.6) is 5.75 Å². The van der Waals surface area contributed by atoms with Gasteiger partial charge < -0.3 is 10.1 Å². The van der Waals surface area contributed by atoms with E-state index in [0.717, 1.165) is 17.5 Å². The zero-order valence-corrected chi connectivity index (χ0v) is 18.8. The second-order valence-corrected chi connectivity index (χ2v) is 7.83. The molecule has 2 aromatic carbocycles. The predicted octanol–water partition coefficient (Wildman–Crippen LogP) is 4.36. The Morgan fingerprint density at radius 2 is 1.94 bits per heavy atom. The van der Waals surface area contributed by atoms with Crippen molar-refractivity contribution in [1.82, 2.24) is 14.3 Å². The monoisotopic (exact) mass is 450 g/mol. The van der Waals surface area contributed by atoms with Crippen LogP contribution in [-0.2, 0) is 17.8 Å². The number of rotatable bonds is 6. The van der Waals surface area contributed by atoms with Gasteiger partial charge >= 0.3 is 0 Å². The zero-order chi connectivity index (χ0) is 22.8. The SMILES string of the molecule is CCc1ccc(-n2c(=O)c3cccnc3n2CC(=O)Nc2cc(C)c(Cl)cc2OC)cc1. The molecule has 0 saturated carbocycles. The summed E-state index contributed by atoms with van der Waals surface area (Å²) < 4.78 is 8.42. The largest absolute Gasteiger partial charge is 0.495 e. The molecule has 2 aromatic heterocycles. The minimum Gasteiger partial charge on any atom is -0.495 e. The molecule has 4 rings (SSSR count). The molecule has 1 N–H and O–H groups in total. The summed E-state index contributed by atoms with van der Waals surface area (Å²) >= 11 is 6.17. The van der Waals surface area contributed by atoms with E-state index in [1.54, 1.807) is 35.1 Å². The molecule has 0 saturated heterocycles. The number of aromatic nitrogens is 3. The van der Waals surface area contributed by atoms with Crippen molar-refractivity contribution in [3.8, 4) is 11.4 Å². The Morgan fingerprint density at radius 1 is 1.19 bits per heavy atom. The van der Waals surface area contributed by atoms with Crippen LogP contribution in [0.25, 0.3) is 16.7 Å². The number of nitrogens with one attached hydrogen (secondary N) is 1. The standard InChI is InChI=1S/C24H23ClN4O3/c1-4-16-7-9-17(10-8-16)29-24(31)18-6-5-11-26-23(18)28(29)14-22(30)27-20-12-15(2)19(25)13-21(20)32-3/h5-13H,4,14H2,1-3H3,(H,27,30). The summed E-state index contributed by atoms with van der Waals surface area (Å²) in [7, 11) is 1.51. The number of anilines is 1. The molecule has 0 aliphatic rings. The van der Waals surface area contributed by atoms with Gasteiger partial charge in [0.05, 0.1) is 23.9 Å².